The van der Waals surface area contributed by atoms with Crippen LogP contribution in [0.3, 0.4) is 0 Å². The second kappa shape index (κ2) is 4.52. The predicted octanol–water partition coefficient (Wildman–Crippen LogP) is 2.10. The van der Waals surface area contributed by atoms with Crippen LogP contribution in [0.2, 0.25) is 0 Å². The summed E-state index contributed by atoms with van der Waals surface area (Å²) in [6.07, 6.45) is 4.02. The van der Waals surface area contributed by atoms with E-state index in [1.54, 1.807) is 0 Å². The van der Waals surface area contributed by atoms with Crippen molar-refractivity contribution in [3.05, 3.63) is 0 Å². The molecule has 1 aliphatic carbocycles. The highest BCUT2D eigenvalue weighted by Crippen LogP contribution is 2.45. The van der Waals surface area contributed by atoms with Gasteiger partial charge in [0.25, 0.3) is 0 Å². The molecule has 2 fully saturated rings. The Balaban J connectivity index is 1.97. The quantitative estimate of drug-likeness (QED) is 0.779. The Labute approximate surface area is 104 Å². The second-order valence-corrected chi connectivity index (χ2v) is 6.94. The molecule has 1 heterocycles. The van der Waals surface area contributed by atoms with Crippen LogP contribution in [-0.2, 0) is 4.74 Å². The van der Waals surface area contributed by atoms with Crippen LogP contribution in [0.25, 0.3) is 0 Å². The van der Waals surface area contributed by atoms with Crippen molar-refractivity contribution in [2.24, 2.45) is 11.3 Å². The first-order valence-electron chi connectivity index (χ1n) is 6.84. The zero-order valence-electron chi connectivity index (χ0n) is 11.3. The molecule has 0 aromatic rings. The standard InChI is InChI=1S/C14H26O3/c1-13(2,3)12(16)11(15)10-5-8-17-14(9-10)6-4-7-14/h10-12,15-16H,4-9H2,1-3H3. The highest BCUT2D eigenvalue weighted by atomic mass is 16.5. The first-order chi connectivity index (χ1) is 7.84. The molecule has 3 nitrogen and oxygen atoms in total. The van der Waals surface area contributed by atoms with E-state index in [9.17, 15) is 10.2 Å². The molecular weight excluding hydrogens is 216 g/mol. The molecule has 1 aliphatic heterocycles. The van der Waals surface area contributed by atoms with Crippen molar-refractivity contribution in [3.8, 4) is 0 Å². The lowest BCUT2D eigenvalue weighted by Gasteiger charge is -2.49. The van der Waals surface area contributed by atoms with Crippen molar-refractivity contribution >= 4 is 0 Å². The summed E-state index contributed by atoms with van der Waals surface area (Å²) in [7, 11) is 0. The largest absolute Gasteiger partial charge is 0.390 e. The van der Waals surface area contributed by atoms with Gasteiger partial charge in [0, 0.05) is 6.61 Å². The summed E-state index contributed by atoms with van der Waals surface area (Å²) < 4.78 is 5.85. The fourth-order valence-corrected chi connectivity index (χ4v) is 3.05. The second-order valence-electron chi connectivity index (χ2n) is 6.94. The zero-order chi connectivity index (χ0) is 12.7. The molecule has 0 aromatic carbocycles. The van der Waals surface area contributed by atoms with Crippen molar-refractivity contribution in [2.45, 2.75) is 70.7 Å². The van der Waals surface area contributed by atoms with Gasteiger partial charge in [0.1, 0.15) is 0 Å². The van der Waals surface area contributed by atoms with Crippen LogP contribution >= 0.6 is 0 Å². The Morgan fingerprint density at radius 1 is 1.24 bits per heavy atom. The average molecular weight is 242 g/mol. The molecule has 0 radical (unpaired) electrons. The summed E-state index contributed by atoms with van der Waals surface area (Å²) in [6, 6.07) is 0. The van der Waals surface area contributed by atoms with Gasteiger partial charge < -0.3 is 14.9 Å². The fraction of sp³-hybridized carbons (Fsp3) is 1.00. The fourth-order valence-electron chi connectivity index (χ4n) is 3.05. The van der Waals surface area contributed by atoms with E-state index in [4.69, 9.17) is 4.74 Å². The van der Waals surface area contributed by atoms with E-state index in [1.807, 2.05) is 20.8 Å². The van der Waals surface area contributed by atoms with Crippen LogP contribution < -0.4 is 0 Å². The molecule has 17 heavy (non-hydrogen) atoms. The molecule has 0 aromatic heterocycles. The van der Waals surface area contributed by atoms with Gasteiger partial charge in [-0.15, -0.1) is 0 Å². The molecule has 100 valence electrons. The average Bonchev–Trinajstić information content (AvgIpc) is 2.24. The molecule has 2 aliphatic rings. The molecule has 1 spiro atoms. The maximum absolute atomic E-state index is 10.3. The number of hydrogen-bond donors (Lipinski definition) is 2. The van der Waals surface area contributed by atoms with E-state index in [1.165, 1.54) is 6.42 Å². The van der Waals surface area contributed by atoms with Gasteiger partial charge in [0.15, 0.2) is 0 Å². The molecule has 1 saturated carbocycles. The van der Waals surface area contributed by atoms with Gasteiger partial charge in [-0.25, -0.2) is 0 Å². The van der Waals surface area contributed by atoms with E-state index < -0.39 is 12.2 Å². The topological polar surface area (TPSA) is 49.7 Å². The van der Waals surface area contributed by atoms with E-state index in [0.29, 0.717) is 0 Å². The monoisotopic (exact) mass is 242 g/mol. The van der Waals surface area contributed by atoms with Crippen LogP contribution in [-0.4, -0.2) is 34.6 Å². The highest BCUT2D eigenvalue weighted by Gasteiger charge is 2.46. The molecule has 3 unspecified atom stereocenters. The molecule has 2 N–H and O–H groups in total. The minimum atomic E-state index is -0.650. The Morgan fingerprint density at radius 3 is 2.35 bits per heavy atom. The minimum absolute atomic E-state index is 0.0432. The molecule has 2 rings (SSSR count). The zero-order valence-corrected chi connectivity index (χ0v) is 11.3. The lowest BCUT2D eigenvalue weighted by atomic mass is 9.69. The summed E-state index contributed by atoms with van der Waals surface area (Å²) >= 11 is 0. The van der Waals surface area contributed by atoms with E-state index in [-0.39, 0.29) is 16.9 Å². The SMILES string of the molecule is CC(C)(C)C(O)C(O)C1CCOC2(CCC2)C1. The third kappa shape index (κ3) is 2.67. The summed E-state index contributed by atoms with van der Waals surface area (Å²) in [5.74, 6) is 0.193. The number of hydrogen-bond acceptors (Lipinski definition) is 3. The van der Waals surface area contributed by atoms with Gasteiger partial charge in [-0.2, -0.15) is 0 Å². The normalized spacial score (nSPS) is 31.9. The van der Waals surface area contributed by atoms with Crippen LogP contribution in [0.1, 0.15) is 52.9 Å². The number of aliphatic hydroxyl groups excluding tert-OH is 2. The van der Waals surface area contributed by atoms with Gasteiger partial charge in [-0.1, -0.05) is 20.8 Å². The Bertz CT molecular complexity index is 265. The Morgan fingerprint density at radius 2 is 1.88 bits per heavy atom. The van der Waals surface area contributed by atoms with Gasteiger partial charge in [0.2, 0.25) is 0 Å². The van der Waals surface area contributed by atoms with Gasteiger partial charge in [-0.3, -0.25) is 0 Å². The maximum Gasteiger partial charge on any atom is 0.0849 e. The summed E-state index contributed by atoms with van der Waals surface area (Å²) in [6.45, 7) is 6.65. The number of ether oxygens (including phenoxy) is 1. The lowest BCUT2D eigenvalue weighted by molar-refractivity contribution is -0.172. The van der Waals surface area contributed by atoms with Crippen LogP contribution in [0.4, 0.5) is 0 Å². The van der Waals surface area contributed by atoms with Crippen LogP contribution in [0, 0.1) is 11.3 Å². The predicted molar refractivity (Wildman–Crippen MR) is 66.7 cm³/mol. The molecule has 0 amide bonds. The Hall–Kier alpha value is -0.120. The van der Waals surface area contributed by atoms with E-state index >= 15 is 0 Å². The highest BCUT2D eigenvalue weighted by molar-refractivity contribution is 4.97. The third-order valence-corrected chi connectivity index (χ3v) is 4.49. The Kier molecular flexibility index (Phi) is 3.54. The molecular formula is C14H26O3. The third-order valence-electron chi connectivity index (χ3n) is 4.49. The molecule has 0 bridgehead atoms. The first kappa shape index (κ1) is 13.3. The van der Waals surface area contributed by atoms with Crippen molar-refractivity contribution in [3.63, 3.8) is 0 Å². The van der Waals surface area contributed by atoms with Crippen molar-refractivity contribution in [1.29, 1.82) is 0 Å². The van der Waals surface area contributed by atoms with Crippen LogP contribution in [0.15, 0.2) is 0 Å². The lowest BCUT2D eigenvalue weighted by Crippen LogP contribution is -2.51. The van der Waals surface area contributed by atoms with E-state index in [0.717, 1.165) is 32.3 Å². The van der Waals surface area contributed by atoms with Gasteiger partial charge >= 0.3 is 0 Å². The maximum atomic E-state index is 10.3. The number of aliphatic hydroxyl groups is 2. The van der Waals surface area contributed by atoms with Crippen molar-refractivity contribution < 1.29 is 14.9 Å². The molecule has 3 atom stereocenters. The van der Waals surface area contributed by atoms with Crippen LogP contribution in [0.5, 0.6) is 0 Å². The summed E-state index contributed by atoms with van der Waals surface area (Å²) in [4.78, 5) is 0. The number of rotatable bonds is 2. The van der Waals surface area contributed by atoms with E-state index in [2.05, 4.69) is 0 Å². The van der Waals surface area contributed by atoms with Crippen molar-refractivity contribution in [2.75, 3.05) is 6.61 Å². The van der Waals surface area contributed by atoms with Gasteiger partial charge in [0.05, 0.1) is 17.8 Å². The smallest absolute Gasteiger partial charge is 0.0849 e. The molecule has 1 saturated heterocycles. The first-order valence-corrected chi connectivity index (χ1v) is 6.84. The summed E-state index contributed by atoms with van der Waals surface area (Å²) in [5.41, 5.74) is -0.216. The molecule has 3 heteroatoms. The summed E-state index contributed by atoms with van der Waals surface area (Å²) in [5, 5.41) is 20.5. The van der Waals surface area contributed by atoms with Gasteiger partial charge in [-0.05, 0) is 43.4 Å². The van der Waals surface area contributed by atoms with Crippen molar-refractivity contribution in [1.82, 2.24) is 0 Å². The minimum Gasteiger partial charge on any atom is -0.390 e.